The lowest BCUT2D eigenvalue weighted by atomic mass is 10.0. The second-order valence-electron chi connectivity index (χ2n) is 7.27. The molecule has 0 radical (unpaired) electrons. The molecule has 1 aliphatic heterocycles. The minimum atomic E-state index is -0.165. The number of fused-ring (bicyclic) bond motifs is 2. The van der Waals surface area contributed by atoms with Gasteiger partial charge in [-0.15, -0.1) is 0 Å². The molecule has 0 bridgehead atoms. The Labute approximate surface area is 129 Å². The summed E-state index contributed by atoms with van der Waals surface area (Å²) in [6, 6.07) is 5.59. The van der Waals surface area contributed by atoms with Crippen molar-refractivity contribution in [2.45, 2.75) is 20.8 Å². The number of hydrogen-bond acceptors (Lipinski definition) is 2. The molecule has 1 amide bonds. The van der Waals surface area contributed by atoms with Crippen LogP contribution in [0.2, 0.25) is 0 Å². The van der Waals surface area contributed by atoms with Crippen molar-refractivity contribution in [1.82, 2.24) is 9.88 Å². The fourth-order valence-electron chi connectivity index (χ4n) is 4.03. The Kier molecular flexibility index (Phi) is 2.60. The number of H-pyrrole nitrogens is 1. The molecule has 114 valence electrons. The fourth-order valence-corrected chi connectivity index (χ4v) is 4.03. The average molecular weight is 296 g/mol. The Balaban J connectivity index is 1.69. The number of amides is 1. The van der Waals surface area contributed by atoms with E-state index >= 15 is 0 Å². The fraction of sp³-hybridized carbons (Fsp3) is 0.444. The first kappa shape index (κ1) is 13.6. The number of piperidine rings is 1. The predicted molar refractivity (Wildman–Crippen MR) is 86.0 cm³/mol. The van der Waals surface area contributed by atoms with E-state index in [2.05, 4.69) is 18.8 Å². The topological polar surface area (TPSA) is 53.2 Å². The zero-order valence-corrected chi connectivity index (χ0v) is 13.1. The van der Waals surface area contributed by atoms with Gasteiger partial charge in [-0.05, 0) is 35.8 Å². The van der Waals surface area contributed by atoms with E-state index in [1.807, 2.05) is 24.0 Å². The van der Waals surface area contributed by atoms with Crippen LogP contribution in [-0.4, -0.2) is 28.9 Å². The van der Waals surface area contributed by atoms with Gasteiger partial charge in [0, 0.05) is 24.7 Å². The van der Waals surface area contributed by atoms with E-state index < -0.39 is 0 Å². The van der Waals surface area contributed by atoms with Gasteiger partial charge in [0.2, 0.25) is 5.43 Å². The Morgan fingerprint density at radius 3 is 2.64 bits per heavy atom. The molecule has 2 aliphatic rings. The molecular weight excluding hydrogens is 276 g/mol. The molecule has 2 fully saturated rings. The highest BCUT2D eigenvalue weighted by Crippen LogP contribution is 2.62. The highest BCUT2D eigenvalue weighted by Gasteiger charge is 2.62. The van der Waals surface area contributed by atoms with E-state index in [1.54, 1.807) is 12.3 Å². The molecule has 0 spiro atoms. The van der Waals surface area contributed by atoms with Crippen LogP contribution in [0.5, 0.6) is 0 Å². The van der Waals surface area contributed by atoms with Gasteiger partial charge in [0.15, 0.2) is 0 Å². The van der Waals surface area contributed by atoms with Gasteiger partial charge in [-0.2, -0.15) is 0 Å². The number of para-hydroxylation sites is 1. The van der Waals surface area contributed by atoms with Gasteiger partial charge in [0.25, 0.3) is 5.91 Å². The lowest BCUT2D eigenvalue weighted by molar-refractivity contribution is 0.0756. The van der Waals surface area contributed by atoms with Crippen LogP contribution in [0.25, 0.3) is 10.9 Å². The predicted octanol–water partition coefficient (Wildman–Crippen LogP) is 2.56. The molecule has 4 rings (SSSR count). The van der Waals surface area contributed by atoms with Crippen molar-refractivity contribution < 1.29 is 4.79 Å². The summed E-state index contributed by atoms with van der Waals surface area (Å²) >= 11 is 0. The third-order valence-corrected chi connectivity index (χ3v) is 5.76. The first-order valence-corrected chi connectivity index (χ1v) is 7.81. The van der Waals surface area contributed by atoms with E-state index in [1.165, 1.54) is 0 Å². The number of nitrogens with one attached hydrogen (secondary N) is 1. The number of pyridine rings is 1. The van der Waals surface area contributed by atoms with E-state index in [0.29, 0.717) is 22.6 Å². The highest BCUT2D eigenvalue weighted by atomic mass is 16.2. The van der Waals surface area contributed by atoms with Crippen LogP contribution in [0.1, 0.15) is 29.8 Å². The number of carbonyl (C=O) groups is 1. The average Bonchev–Trinajstić information content (AvgIpc) is 2.87. The number of hydrogen-bond donors (Lipinski definition) is 1. The van der Waals surface area contributed by atoms with E-state index in [9.17, 15) is 9.59 Å². The summed E-state index contributed by atoms with van der Waals surface area (Å²) in [5.41, 5.74) is 2.29. The number of rotatable bonds is 1. The number of nitrogens with zero attached hydrogens (tertiary/aromatic N) is 1. The summed E-state index contributed by atoms with van der Waals surface area (Å²) in [6.07, 6.45) is 1.58. The van der Waals surface area contributed by atoms with Crippen LogP contribution in [0.15, 0.2) is 29.2 Å². The molecule has 1 saturated heterocycles. The van der Waals surface area contributed by atoms with Crippen LogP contribution in [0.3, 0.4) is 0 Å². The SMILES string of the molecule is Cc1cccc2c(=O)c(C(=O)N3CC4C(C3)C4(C)C)c[nH]c12. The van der Waals surface area contributed by atoms with Crippen molar-refractivity contribution >= 4 is 16.8 Å². The second-order valence-corrected chi connectivity index (χ2v) is 7.27. The molecule has 1 aromatic carbocycles. The first-order chi connectivity index (χ1) is 10.4. The Hall–Kier alpha value is -2.10. The van der Waals surface area contributed by atoms with E-state index in [-0.39, 0.29) is 16.9 Å². The molecule has 2 aromatic rings. The Bertz CT molecular complexity index is 836. The smallest absolute Gasteiger partial charge is 0.259 e. The number of aryl methyl sites for hydroxylation is 1. The monoisotopic (exact) mass is 296 g/mol. The van der Waals surface area contributed by atoms with Gasteiger partial charge < -0.3 is 9.88 Å². The number of carbonyl (C=O) groups excluding carboxylic acids is 1. The maximum Gasteiger partial charge on any atom is 0.259 e. The van der Waals surface area contributed by atoms with Crippen molar-refractivity contribution in [3.63, 3.8) is 0 Å². The van der Waals surface area contributed by atoms with Crippen LogP contribution < -0.4 is 5.43 Å². The van der Waals surface area contributed by atoms with Crippen LogP contribution in [0.4, 0.5) is 0 Å². The molecule has 4 nitrogen and oxygen atoms in total. The Morgan fingerprint density at radius 1 is 1.27 bits per heavy atom. The third-order valence-electron chi connectivity index (χ3n) is 5.76. The third kappa shape index (κ3) is 1.70. The minimum Gasteiger partial charge on any atom is -0.360 e. The molecule has 1 saturated carbocycles. The highest BCUT2D eigenvalue weighted by molar-refractivity contribution is 5.97. The summed E-state index contributed by atoms with van der Waals surface area (Å²) in [5, 5.41) is 0.593. The van der Waals surface area contributed by atoms with Crippen molar-refractivity contribution in [3.8, 4) is 0 Å². The summed E-state index contributed by atoms with van der Waals surface area (Å²) in [7, 11) is 0. The zero-order valence-electron chi connectivity index (χ0n) is 13.1. The summed E-state index contributed by atoms with van der Waals surface area (Å²) < 4.78 is 0. The van der Waals surface area contributed by atoms with Crippen molar-refractivity contribution in [1.29, 1.82) is 0 Å². The Morgan fingerprint density at radius 2 is 1.95 bits per heavy atom. The van der Waals surface area contributed by atoms with Crippen molar-refractivity contribution in [3.05, 3.63) is 45.7 Å². The maximum atomic E-state index is 12.7. The summed E-state index contributed by atoms with van der Waals surface area (Å²) in [6.45, 7) is 8.03. The van der Waals surface area contributed by atoms with Gasteiger partial charge in [0.05, 0.1) is 5.52 Å². The molecule has 22 heavy (non-hydrogen) atoms. The molecule has 2 unspecified atom stereocenters. The van der Waals surface area contributed by atoms with E-state index in [4.69, 9.17) is 0 Å². The molecule has 2 atom stereocenters. The van der Waals surface area contributed by atoms with Gasteiger partial charge in [0.1, 0.15) is 5.56 Å². The second kappa shape index (κ2) is 4.22. The molecule has 2 heterocycles. The first-order valence-electron chi connectivity index (χ1n) is 7.81. The lowest BCUT2D eigenvalue weighted by Gasteiger charge is -2.22. The van der Waals surface area contributed by atoms with Gasteiger partial charge >= 0.3 is 0 Å². The van der Waals surface area contributed by atoms with Crippen LogP contribution in [0, 0.1) is 24.2 Å². The largest absolute Gasteiger partial charge is 0.360 e. The molecular formula is C18H20N2O2. The number of benzene rings is 1. The lowest BCUT2D eigenvalue weighted by Crippen LogP contribution is -2.35. The normalized spacial score (nSPS) is 25.3. The van der Waals surface area contributed by atoms with Crippen LogP contribution in [-0.2, 0) is 0 Å². The molecule has 4 heteroatoms. The zero-order chi connectivity index (χ0) is 15.6. The standard InChI is InChI=1S/C18H20N2O2/c1-10-5-4-6-11-15(10)19-7-12(16(11)21)17(22)20-8-13-14(9-20)18(13,2)3/h4-7,13-14H,8-9H2,1-3H3,(H,19,21). The van der Waals surface area contributed by atoms with Gasteiger partial charge in [-0.25, -0.2) is 0 Å². The number of aromatic nitrogens is 1. The maximum absolute atomic E-state index is 12.7. The van der Waals surface area contributed by atoms with Gasteiger partial charge in [-0.3, -0.25) is 9.59 Å². The van der Waals surface area contributed by atoms with Crippen molar-refractivity contribution in [2.75, 3.05) is 13.1 Å². The van der Waals surface area contributed by atoms with Crippen molar-refractivity contribution in [2.24, 2.45) is 17.3 Å². The quantitative estimate of drug-likeness (QED) is 0.879. The van der Waals surface area contributed by atoms with Crippen LogP contribution >= 0.6 is 0 Å². The minimum absolute atomic E-state index is 0.132. The number of aromatic amines is 1. The number of likely N-dealkylation sites (tertiary alicyclic amines) is 1. The molecule has 1 N–H and O–H groups in total. The van der Waals surface area contributed by atoms with Gasteiger partial charge in [-0.1, -0.05) is 26.0 Å². The summed E-state index contributed by atoms with van der Waals surface area (Å²) in [4.78, 5) is 30.3. The summed E-state index contributed by atoms with van der Waals surface area (Å²) in [5.74, 6) is 1.06. The molecule has 1 aromatic heterocycles. The van der Waals surface area contributed by atoms with E-state index in [0.717, 1.165) is 24.2 Å². The molecule has 1 aliphatic carbocycles.